The van der Waals surface area contributed by atoms with E-state index in [0.717, 1.165) is 51.3 Å². The van der Waals surface area contributed by atoms with Crippen LogP contribution in [-0.2, 0) is 28.2 Å². The molecule has 1 N–H and O–H groups in total. The van der Waals surface area contributed by atoms with Gasteiger partial charge in [-0.25, -0.2) is 29.6 Å². The highest BCUT2D eigenvalue weighted by atomic mass is 32.1. The lowest BCUT2D eigenvalue weighted by molar-refractivity contribution is 0.629. The van der Waals surface area contributed by atoms with Crippen LogP contribution in [0.15, 0.2) is 0 Å². The van der Waals surface area contributed by atoms with Gasteiger partial charge in [0, 0.05) is 26.0 Å². The summed E-state index contributed by atoms with van der Waals surface area (Å²) in [6.07, 6.45) is 0. The van der Waals surface area contributed by atoms with E-state index >= 15 is 0 Å². The Bertz CT molecular complexity index is 2190. The van der Waals surface area contributed by atoms with Crippen molar-refractivity contribution in [2.24, 2.45) is 28.2 Å². The predicted molar refractivity (Wildman–Crippen MR) is 234 cm³/mol. The number of rotatable bonds is 0. The van der Waals surface area contributed by atoms with Crippen LogP contribution in [0.2, 0.25) is 0 Å². The molecule has 0 fully saturated rings. The number of hydrogen-bond donors (Lipinski definition) is 1. The number of imidazole rings is 1. The summed E-state index contributed by atoms with van der Waals surface area (Å²) in [7, 11) is 7.31. The summed E-state index contributed by atoms with van der Waals surface area (Å²) in [5.74, 6) is 7.02. The highest BCUT2D eigenvalue weighted by molar-refractivity contribution is 7.11. The molecule has 8 rings (SSSR count). The Hall–Kier alpha value is -5.70. The fourth-order valence-corrected chi connectivity index (χ4v) is 6.18. The Balaban J connectivity index is 0.000000242. The third kappa shape index (κ3) is 16.2. The van der Waals surface area contributed by atoms with Gasteiger partial charge in [-0.15, -0.1) is 26.6 Å². The first-order chi connectivity index (χ1) is 27.5. The molecule has 19 nitrogen and oxygen atoms in total. The van der Waals surface area contributed by atoms with E-state index < -0.39 is 0 Å². The van der Waals surface area contributed by atoms with Crippen LogP contribution >= 0.6 is 22.9 Å². The van der Waals surface area contributed by atoms with Crippen LogP contribution in [0, 0.1) is 111 Å². The van der Waals surface area contributed by atoms with Gasteiger partial charge < -0.3 is 4.98 Å². The number of fused-ring (bicyclic) bond motifs is 1. The molecule has 0 radical (unpaired) electrons. The molecule has 0 spiro atoms. The zero-order valence-electron chi connectivity index (χ0n) is 38.4. The summed E-state index contributed by atoms with van der Waals surface area (Å²) in [6, 6.07) is 0. The molecule has 1 aromatic carbocycles. The lowest BCUT2D eigenvalue weighted by Gasteiger charge is -2.09. The van der Waals surface area contributed by atoms with E-state index in [4.69, 9.17) is 0 Å². The van der Waals surface area contributed by atoms with Gasteiger partial charge >= 0.3 is 0 Å². The highest BCUT2D eigenvalue weighted by Gasteiger charge is 2.11. The monoisotopic (exact) mass is 847 g/mol. The average Bonchev–Trinajstić information content (AvgIpc) is 4.04. The Kier molecular flexibility index (Phi) is 19.3. The second-order valence-electron chi connectivity index (χ2n) is 13.6. The van der Waals surface area contributed by atoms with Gasteiger partial charge in [0.1, 0.15) is 45.8 Å². The number of benzene rings is 1. The fourth-order valence-electron chi connectivity index (χ4n) is 4.89. The fraction of sp³-hybridized carbons (Fsp3) is 0.526. The van der Waals surface area contributed by atoms with E-state index in [1.165, 1.54) is 59.7 Å². The van der Waals surface area contributed by atoms with Gasteiger partial charge in [0.15, 0.2) is 5.82 Å². The summed E-state index contributed by atoms with van der Waals surface area (Å²) in [4.78, 5) is 27.0. The van der Waals surface area contributed by atoms with Crippen molar-refractivity contribution in [1.82, 2.24) is 94.3 Å². The van der Waals surface area contributed by atoms with E-state index in [9.17, 15) is 0 Å². The van der Waals surface area contributed by atoms with Gasteiger partial charge in [-0.3, -0.25) is 9.36 Å². The quantitative estimate of drug-likeness (QED) is 0.179. The van der Waals surface area contributed by atoms with Crippen molar-refractivity contribution in [2.45, 2.75) is 111 Å². The molecule has 0 atom stereocenters. The van der Waals surface area contributed by atoms with E-state index in [2.05, 4.69) is 110 Å². The molecule has 0 saturated carbocycles. The Morgan fingerprint density at radius 2 is 1.03 bits per heavy atom. The number of aryl methyl sites for hydroxylation is 18. The number of tetrazole rings is 2. The first-order valence-corrected chi connectivity index (χ1v) is 20.3. The number of aromatic nitrogens is 19. The molecule has 0 aliphatic heterocycles. The zero-order chi connectivity index (χ0) is 44.7. The van der Waals surface area contributed by atoms with E-state index in [1.54, 1.807) is 46.4 Å². The van der Waals surface area contributed by atoms with Crippen molar-refractivity contribution in [3.8, 4) is 0 Å². The molecular formula is C38H61N19S2. The summed E-state index contributed by atoms with van der Waals surface area (Å²) in [5.41, 5.74) is 8.86. The molecule has 0 saturated heterocycles. The van der Waals surface area contributed by atoms with Crippen molar-refractivity contribution >= 4 is 33.9 Å². The van der Waals surface area contributed by atoms with Gasteiger partial charge in [0.25, 0.3) is 0 Å². The normalized spacial score (nSPS) is 10.0. The van der Waals surface area contributed by atoms with Crippen LogP contribution in [0.3, 0.4) is 0 Å². The largest absolute Gasteiger partial charge is 0.342 e. The van der Waals surface area contributed by atoms with E-state index in [-0.39, 0.29) is 0 Å². The Morgan fingerprint density at radius 3 is 1.27 bits per heavy atom. The number of thiazole rings is 1. The van der Waals surface area contributed by atoms with E-state index in [0.29, 0.717) is 5.82 Å². The number of nitrogens with one attached hydrogen (secondary N) is 1. The third-order valence-electron chi connectivity index (χ3n) is 8.62. The molecule has 7 heterocycles. The molecule has 0 aliphatic rings. The summed E-state index contributed by atoms with van der Waals surface area (Å²) in [5, 5.41) is 31.8. The minimum absolute atomic E-state index is 0.711. The Labute approximate surface area is 355 Å². The molecular weight excluding hydrogens is 787 g/mol. The summed E-state index contributed by atoms with van der Waals surface area (Å²) < 4.78 is 9.08. The van der Waals surface area contributed by atoms with Crippen LogP contribution in [-0.4, -0.2) is 94.3 Å². The minimum atomic E-state index is 0.711. The molecule has 21 heteroatoms. The molecule has 8 aromatic rings. The van der Waals surface area contributed by atoms with Crippen LogP contribution in [0.5, 0.6) is 0 Å². The molecule has 0 unspecified atom stereocenters. The maximum atomic E-state index is 4.52. The first-order valence-electron chi connectivity index (χ1n) is 18.7. The maximum absolute atomic E-state index is 4.52. The van der Waals surface area contributed by atoms with Crippen molar-refractivity contribution in [1.29, 1.82) is 0 Å². The second kappa shape index (κ2) is 23.0. The van der Waals surface area contributed by atoms with Gasteiger partial charge in [-0.2, -0.15) is 19.4 Å². The van der Waals surface area contributed by atoms with Gasteiger partial charge in [0.05, 0.1) is 28.8 Å². The van der Waals surface area contributed by atoms with Crippen LogP contribution in [0.25, 0.3) is 11.0 Å². The average molecular weight is 848 g/mol. The molecule has 7 aromatic heterocycles. The third-order valence-corrected chi connectivity index (χ3v) is 10.3. The molecule has 0 amide bonds. The van der Waals surface area contributed by atoms with Crippen molar-refractivity contribution in [2.75, 3.05) is 0 Å². The number of H-pyrrole nitrogens is 1. The number of nitrogens with zero attached hydrogens (tertiary/aromatic N) is 18. The van der Waals surface area contributed by atoms with Crippen LogP contribution < -0.4 is 0 Å². The van der Waals surface area contributed by atoms with E-state index in [1.807, 2.05) is 83.3 Å². The summed E-state index contributed by atoms with van der Waals surface area (Å²) >= 11 is 3.20. The summed E-state index contributed by atoms with van der Waals surface area (Å²) in [6.45, 7) is 31.9. The van der Waals surface area contributed by atoms with Crippen molar-refractivity contribution in [3.05, 3.63) is 89.4 Å². The van der Waals surface area contributed by atoms with Gasteiger partial charge in [-0.05, 0) is 160 Å². The zero-order valence-corrected chi connectivity index (χ0v) is 40.0. The van der Waals surface area contributed by atoms with Crippen molar-refractivity contribution in [3.63, 3.8) is 0 Å². The second-order valence-corrected chi connectivity index (χ2v) is 16.0. The molecule has 0 bridgehead atoms. The predicted octanol–water partition coefficient (Wildman–Crippen LogP) is 6.23. The standard InChI is InChI=1S/C12H16N2.C6H9NS.2C5H9N3.C4H6N2S.2C3H6N4/c1-6-7(2)9(4)12-11(8(6)3)13-10(5)14-12;1-4-5(2)8-6(3)7-4;2*1-4-6-5(2)8(3)7-4;1-3-5-4(2)7-6-3;1-3-4-5-6-7(3)2;1-3-4-6-7(2)5-3/h1-5H3,(H,13,14);3*1-3H3;3*1-2H3. The topological polar surface area (TPSA) is 216 Å². The molecule has 0 aliphatic carbocycles. The lowest BCUT2D eigenvalue weighted by Crippen LogP contribution is -1.92. The minimum Gasteiger partial charge on any atom is -0.342 e. The molecule has 320 valence electrons. The molecule has 59 heavy (non-hydrogen) atoms. The maximum Gasteiger partial charge on any atom is 0.171 e. The SMILES string of the molecule is Cc1nc(C)c(C)s1.Cc1nc(C)n(C)n1.Cc1nc(C)n(C)n1.Cc1nc2c(C)c(C)c(C)c(C)c2[nH]1.Cc1nnn(C)n1.Cc1nnnn1C.Cc1nsc(C)n1. The lowest BCUT2D eigenvalue weighted by atomic mass is 9.98. The number of aromatic amines is 1. The van der Waals surface area contributed by atoms with Crippen LogP contribution in [0.4, 0.5) is 0 Å². The first kappa shape index (κ1) is 49.4. The smallest absolute Gasteiger partial charge is 0.171 e. The Morgan fingerprint density at radius 1 is 0.475 bits per heavy atom. The van der Waals surface area contributed by atoms with Crippen molar-refractivity contribution < 1.29 is 0 Å². The van der Waals surface area contributed by atoms with Crippen LogP contribution in [0.1, 0.15) is 89.4 Å². The van der Waals surface area contributed by atoms with Gasteiger partial charge in [0.2, 0.25) is 0 Å². The highest BCUT2D eigenvalue weighted by Crippen LogP contribution is 2.27. The number of hydrogen-bond acceptors (Lipinski definition) is 16. The van der Waals surface area contributed by atoms with Gasteiger partial charge in [-0.1, -0.05) is 0 Å².